The molecule has 1 aromatic carbocycles. The number of hydrogen-bond donors (Lipinski definition) is 0. The van der Waals surface area contributed by atoms with Crippen LogP contribution in [0.5, 0.6) is 5.75 Å². The van der Waals surface area contributed by atoms with E-state index in [-0.39, 0.29) is 5.78 Å². The highest BCUT2D eigenvalue weighted by atomic mass is 16.5. The molecule has 0 saturated carbocycles. The van der Waals surface area contributed by atoms with E-state index < -0.39 is 0 Å². The Bertz CT molecular complexity index is 454. The molecular formula is C12H8O2. The fourth-order valence-electron chi connectivity index (χ4n) is 1.80. The van der Waals surface area contributed by atoms with Crippen molar-refractivity contribution in [1.29, 1.82) is 0 Å². The van der Waals surface area contributed by atoms with E-state index in [1.54, 1.807) is 12.2 Å². The van der Waals surface area contributed by atoms with Crippen LogP contribution in [0.2, 0.25) is 0 Å². The van der Waals surface area contributed by atoms with E-state index in [1.807, 2.05) is 24.3 Å². The van der Waals surface area contributed by atoms with Gasteiger partial charge in [-0.15, -0.1) is 0 Å². The molecule has 2 heteroatoms. The van der Waals surface area contributed by atoms with Crippen LogP contribution in [0.1, 0.15) is 5.56 Å². The smallest absolute Gasteiger partial charge is 0.186 e. The first kappa shape index (κ1) is 7.56. The molecule has 0 N–H and O–H groups in total. The first-order valence-electron chi connectivity index (χ1n) is 4.56. The number of allylic oxidation sites excluding steroid dienone is 3. The maximum absolute atomic E-state index is 11.4. The van der Waals surface area contributed by atoms with Crippen LogP contribution < -0.4 is 4.74 Å². The Morgan fingerprint density at radius 3 is 2.93 bits per heavy atom. The zero-order chi connectivity index (χ0) is 9.54. The molecule has 3 rings (SSSR count). The molecule has 0 aromatic heterocycles. The SMILES string of the molecule is O=C1C=CC2=C1Cc1ccccc1O2. The molecule has 2 nitrogen and oxygen atoms in total. The third kappa shape index (κ3) is 0.940. The summed E-state index contributed by atoms with van der Waals surface area (Å²) < 4.78 is 5.60. The lowest BCUT2D eigenvalue weighted by Gasteiger charge is -2.17. The van der Waals surface area contributed by atoms with Gasteiger partial charge in [0.25, 0.3) is 0 Å². The average Bonchev–Trinajstić information content (AvgIpc) is 2.57. The summed E-state index contributed by atoms with van der Waals surface area (Å²) in [5, 5.41) is 0. The van der Waals surface area contributed by atoms with Crippen LogP contribution in [-0.4, -0.2) is 5.78 Å². The van der Waals surface area contributed by atoms with Gasteiger partial charge in [-0.25, -0.2) is 0 Å². The minimum atomic E-state index is 0.0782. The van der Waals surface area contributed by atoms with Gasteiger partial charge in [-0.1, -0.05) is 18.2 Å². The molecule has 0 radical (unpaired) electrons. The summed E-state index contributed by atoms with van der Waals surface area (Å²) in [7, 11) is 0. The van der Waals surface area contributed by atoms with E-state index in [2.05, 4.69) is 0 Å². The molecular weight excluding hydrogens is 176 g/mol. The summed E-state index contributed by atoms with van der Waals surface area (Å²) in [4.78, 5) is 11.4. The molecule has 0 bridgehead atoms. The van der Waals surface area contributed by atoms with Crippen molar-refractivity contribution in [1.82, 2.24) is 0 Å². The number of ether oxygens (including phenoxy) is 1. The predicted molar refractivity (Wildman–Crippen MR) is 51.9 cm³/mol. The van der Waals surface area contributed by atoms with Crippen molar-refractivity contribution < 1.29 is 9.53 Å². The van der Waals surface area contributed by atoms with E-state index in [9.17, 15) is 4.79 Å². The maximum Gasteiger partial charge on any atom is 0.186 e. The Labute approximate surface area is 81.5 Å². The zero-order valence-corrected chi connectivity index (χ0v) is 7.49. The first-order valence-corrected chi connectivity index (χ1v) is 4.56. The highest BCUT2D eigenvalue weighted by Crippen LogP contribution is 2.33. The van der Waals surface area contributed by atoms with Crippen molar-refractivity contribution in [3.8, 4) is 5.75 Å². The fraction of sp³-hybridized carbons (Fsp3) is 0.0833. The molecule has 2 aliphatic rings. The van der Waals surface area contributed by atoms with E-state index in [0.29, 0.717) is 12.2 Å². The normalized spacial score (nSPS) is 17.9. The molecule has 0 fully saturated rings. The minimum absolute atomic E-state index is 0.0782. The van der Waals surface area contributed by atoms with Gasteiger partial charge in [-0.2, -0.15) is 0 Å². The lowest BCUT2D eigenvalue weighted by molar-refractivity contribution is -0.111. The second kappa shape index (κ2) is 2.58. The van der Waals surface area contributed by atoms with Crippen molar-refractivity contribution in [2.75, 3.05) is 0 Å². The number of benzene rings is 1. The molecule has 14 heavy (non-hydrogen) atoms. The van der Waals surface area contributed by atoms with Gasteiger partial charge in [0.05, 0.1) is 0 Å². The number of ketones is 1. The van der Waals surface area contributed by atoms with E-state index >= 15 is 0 Å². The van der Waals surface area contributed by atoms with Gasteiger partial charge >= 0.3 is 0 Å². The zero-order valence-electron chi connectivity index (χ0n) is 7.49. The van der Waals surface area contributed by atoms with Crippen molar-refractivity contribution in [2.45, 2.75) is 6.42 Å². The second-order valence-corrected chi connectivity index (χ2v) is 3.43. The Kier molecular flexibility index (Phi) is 1.39. The van der Waals surface area contributed by atoms with Crippen molar-refractivity contribution in [2.24, 2.45) is 0 Å². The van der Waals surface area contributed by atoms with Crippen LogP contribution in [0.4, 0.5) is 0 Å². The Morgan fingerprint density at radius 1 is 1.14 bits per heavy atom. The van der Waals surface area contributed by atoms with Crippen molar-refractivity contribution in [3.05, 3.63) is 53.3 Å². The topological polar surface area (TPSA) is 26.3 Å². The van der Waals surface area contributed by atoms with Crippen molar-refractivity contribution >= 4 is 5.78 Å². The van der Waals surface area contributed by atoms with Gasteiger partial charge in [0.15, 0.2) is 5.78 Å². The van der Waals surface area contributed by atoms with E-state index in [4.69, 9.17) is 4.74 Å². The van der Waals surface area contributed by atoms with Gasteiger partial charge in [-0.05, 0) is 23.8 Å². The fourth-order valence-corrected chi connectivity index (χ4v) is 1.80. The van der Waals surface area contributed by atoms with Gasteiger partial charge < -0.3 is 4.74 Å². The Balaban J connectivity index is 2.09. The maximum atomic E-state index is 11.4. The van der Waals surface area contributed by atoms with Crippen LogP contribution >= 0.6 is 0 Å². The van der Waals surface area contributed by atoms with E-state index in [0.717, 1.165) is 16.9 Å². The van der Waals surface area contributed by atoms with Gasteiger partial charge in [0.2, 0.25) is 0 Å². The summed E-state index contributed by atoms with van der Waals surface area (Å²) in [6.45, 7) is 0. The number of rotatable bonds is 0. The molecule has 0 atom stereocenters. The summed E-state index contributed by atoms with van der Waals surface area (Å²) in [6.07, 6.45) is 4.00. The summed E-state index contributed by atoms with van der Waals surface area (Å²) in [5.74, 6) is 1.66. The van der Waals surface area contributed by atoms with Crippen LogP contribution in [0.15, 0.2) is 47.7 Å². The number of carbonyl (C=O) groups is 1. The van der Waals surface area contributed by atoms with Crippen LogP contribution in [0.25, 0.3) is 0 Å². The minimum Gasteiger partial charge on any atom is -0.457 e. The largest absolute Gasteiger partial charge is 0.457 e. The van der Waals surface area contributed by atoms with Gasteiger partial charge in [-0.3, -0.25) is 4.79 Å². The third-order valence-electron chi connectivity index (χ3n) is 2.54. The van der Waals surface area contributed by atoms with Gasteiger partial charge in [0, 0.05) is 12.0 Å². The number of carbonyl (C=O) groups excluding carboxylic acids is 1. The van der Waals surface area contributed by atoms with Crippen molar-refractivity contribution in [3.63, 3.8) is 0 Å². The standard InChI is InChI=1S/C12H8O2/c13-10-5-6-12-9(10)7-8-3-1-2-4-11(8)14-12/h1-6H,7H2. The second-order valence-electron chi connectivity index (χ2n) is 3.43. The van der Waals surface area contributed by atoms with Crippen LogP contribution in [-0.2, 0) is 11.2 Å². The van der Waals surface area contributed by atoms with E-state index in [1.165, 1.54) is 0 Å². The molecule has 0 spiro atoms. The monoisotopic (exact) mass is 184 g/mol. The van der Waals surface area contributed by atoms with Crippen LogP contribution in [0.3, 0.4) is 0 Å². The molecule has 1 aromatic rings. The number of fused-ring (bicyclic) bond motifs is 1. The summed E-state index contributed by atoms with van der Waals surface area (Å²) in [5.41, 5.74) is 1.87. The lowest BCUT2D eigenvalue weighted by Crippen LogP contribution is -2.10. The predicted octanol–water partition coefficient (Wildman–Crippen LogP) is 2.01. The molecule has 1 aliphatic carbocycles. The first-order chi connectivity index (χ1) is 6.84. The lowest BCUT2D eigenvalue weighted by atomic mass is 10.0. The summed E-state index contributed by atoms with van der Waals surface area (Å²) in [6, 6.07) is 7.81. The number of hydrogen-bond acceptors (Lipinski definition) is 2. The Morgan fingerprint density at radius 2 is 2.00 bits per heavy atom. The van der Waals surface area contributed by atoms with Gasteiger partial charge in [0.1, 0.15) is 11.5 Å². The third-order valence-corrected chi connectivity index (χ3v) is 2.54. The molecule has 0 saturated heterocycles. The molecule has 68 valence electrons. The quantitative estimate of drug-likeness (QED) is 0.616. The van der Waals surface area contributed by atoms with Crippen LogP contribution in [0, 0.1) is 0 Å². The highest BCUT2D eigenvalue weighted by molar-refractivity contribution is 6.08. The Hall–Kier alpha value is -1.83. The molecule has 1 aliphatic heterocycles. The average molecular weight is 184 g/mol. The molecule has 0 amide bonds. The highest BCUT2D eigenvalue weighted by Gasteiger charge is 2.25. The molecule has 1 heterocycles. The molecule has 0 unspecified atom stereocenters. The summed E-state index contributed by atoms with van der Waals surface area (Å²) >= 11 is 0. The number of para-hydroxylation sites is 1.